The number of hydrogen-bond acceptors (Lipinski definition) is 6. The summed E-state index contributed by atoms with van der Waals surface area (Å²) in [6.07, 6.45) is 0.0128. The molecular weight excluding hydrogens is 579 g/mol. The average molecular weight is 626 g/mol. The van der Waals surface area contributed by atoms with Crippen molar-refractivity contribution in [2.75, 3.05) is 63.0 Å². The fourth-order valence-corrected chi connectivity index (χ4v) is 4.02. The molecule has 2 aromatic carbocycles. The van der Waals surface area contributed by atoms with Gasteiger partial charge in [0.25, 0.3) is 11.8 Å². The Morgan fingerprint density at radius 1 is 0.548 bits per heavy atom. The molecule has 42 heavy (non-hydrogen) atoms. The van der Waals surface area contributed by atoms with Crippen LogP contribution >= 0.6 is 24.8 Å². The van der Waals surface area contributed by atoms with Gasteiger partial charge in [-0.1, -0.05) is 27.7 Å². The lowest BCUT2D eigenvalue weighted by molar-refractivity contribution is -0.121. The molecule has 0 aromatic heterocycles. The molecule has 0 saturated carbocycles. The molecular formula is C30H46Cl2N6O4. The van der Waals surface area contributed by atoms with E-state index in [4.69, 9.17) is 0 Å². The predicted molar refractivity (Wildman–Crippen MR) is 174 cm³/mol. The fourth-order valence-electron chi connectivity index (χ4n) is 4.02. The first kappa shape index (κ1) is 38.8. The molecule has 0 spiro atoms. The number of benzene rings is 2. The number of likely N-dealkylation sites (N-methyl/N-ethyl adjacent to an activating group) is 2. The van der Waals surface area contributed by atoms with Gasteiger partial charge in [0.15, 0.2) is 0 Å². The number of carbonyl (C=O) groups excluding carboxylic acids is 4. The summed E-state index contributed by atoms with van der Waals surface area (Å²) in [7, 11) is 0. The Kier molecular flexibility index (Phi) is 19.9. The van der Waals surface area contributed by atoms with E-state index in [0.29, 0.717) is 35.6 Å². The maximum absolute atomic E-state index is 12.3. The van der Waals surface area contributed by atoms with E-state index < -0.39 is 0 Å². The third-order valence-electron chi connectivity index (χ3n) is 6.66. The standard InChI is InChI=1S/C30H44N6O4.2ClH/c1-5-35(6-2)21-19-31-29(39)23-9-13-25(14-10-23)33-27(37)17-18-28(38)34-26-15-11-24(12-16-26)30(40)32-20-22-36(7-3)8-4;;/h9-16H,5-8,17-22H2,1-4H3,(H,31,39)(H,32,40)(H,33,37)(H,34,38);2*1H. The molecule has 0 aliphatic rings. The van der Waals surface area contributed by atoms with Gasteiger partial charge in [0.05, 0.1) is 0 Å². The molecule has 0 atom stereocenters. The van der Waals surface area contributed by atoms with Gasteiger partial charge in [-0.25, -0.2) is 0 Å². The summed E-state index contributed by atoms with van der Waals surface area (Å²) in [5.41, 5.74) is 2.13. The fraction of sp³-hybridized carbons (Fsp3) is 0.467. The highest BCUT2D eigenvalue weighted by molar-refractivity contribution is 5.98. The Balaban J connectivity index is 0.00000840. The lowest BCUT2D eigenvalue weighted by Crippen LogP contribution is -2.34. The predicted octanol–water partition coefficient (Wildman–Crippen LogP) is 4.03. The van der Waals surface area contributed by atoms with Crippen LogP contribution in [0.5, 0.6) is 0 Å². The molecule has 0 heterocycles. The zero-order valence-electron chi connectivity index (χ0n) is 25.0. The highest BCUT2D eigenvalue weighted by Crippen LogP contribution is 2.12. The van der Waals surface area contributed by atoms with E-state index in [1.165, 1.54) is 0 Å². The second-order valence-electron chi connectivity index (χ2n) is 9.32. The summed E-state index contributed by atoms with van der Waals surface area (Å²) < 4.78 is 0. The van der Waals surface area contributed by atoms with Crippen molar-refractivity contribution in [2.24, 2.45) is 0 Å². The van der Waals surface area contributed by atoms with Gasteiger partial charge >= 0.3 is 0 Å². The number of amides is 4. The molecule has 4 amide bonds. The molecule has 0 saturated heterocycles. The largest absolute Gasteiger partial charge is 0.351 e. The molecule has 0 radical (unpaired) electrons. The van der Waals surface area contributed by atoms with Crippen molar-refractivity contribution in [2.45, 2.75) is 40.5 Å². The Bertz CT molecular complexity index is 1000. The monoisotopic (exact) mass is 624 g/mol. The van der Waals surface area contributed by atoms with E-state index in [0.717, 1.165) is 39.3 Å². The maximum Gasteiger partial charge on any atom is 0.251 e. The van der Waals surface area contributed by atoms with Crippen molar-refractivity contribution in [3.05, 3.63) is 59.7 Å². The van der Waals surface area contributed by atoms with Crippen LogP contribution in [0.15, 0.2) is 48.5 Å². The number of halogens is 2. The van der Waals surface area contributed by atoms with Gasteiger partial charge in [0.1, 0.15) is 0 Å². The van der Waals surface area contributed by atoms with Crippen LogP contribution in [0.3, 0.4) is 0 Å². The van der Waals surface area contributed by atoms with Crippen LogP contribution in [-0.2, 0) is 9.59 Å². The van der Waals surface area contributed by atoms with Gasteiger partial charge in [0.2, 0.25) is 11.8 Å². The van der Waals surface area contributed by atoms with Crippen LogP contribution in [0.25, 0.3) is 0 Å². The number of nitrogens with one attached hydrogen (secondary N) is 4. The Hall–Kier alpha value is -3.18. The Morgan fingerprint density at radius 3 is 1.14 bits per heavy atom. The van der Waals surface area contributed by atoms with E-state index >= 15 is 0 Å². The average Bonchev–Trinajstić information content (AvgIpc) is 2.97. The molecule has 2 aromatic rings. The minimum absolute atomic E-state index is 0. The van der Waals surface area contributed by atoms with E-state index in [-0.39, 0.29) is 61.3 Å². The van der Waals surface area contributed by atoms with Gasteiger partial charge < -0.3 is 31.1 Å². The lowest BCUT2D eigenvalue weighted by atomic mass is 10.1. The molecule has 4 N–H and O–H groups in total. The summed E-state index contributed by atoms with van der Waals surface area (Å²) in [4.78, 5) is 53.7. The van der Waals surface area contributed by atoms with Crippen LogP contribution in [0.1, 0.15) is 61.3 Å². The summed E-state index contributed by atoms with van der Waals surface area (Å²) in [5.74, 6) is -0.928. The molecule has 0 bridgehead atoms. The molecule has 0 aliphatic heterocycles. The van der Waals surface area contributed by atoms with Crippen molar-refractivity contribution in [1.29, 1.82) is 0 Å². The first-order valence-corrected chi connectivity index (χ1v) is 14.1. The zero-order valence-corrected chi connectivity index (χ0v) is 26.7. The molecule has 0 aliphatic carbocycles. The molecule has 2 rings (SSSR count). The van der Waals surface area contributed by atoms with Gasteiger partial charge in [-0.2, -0.15) is 0 Å². The first-order valence-electron chi connectivity index (χ1n) is 14.1. The number of anilines is 2. The first-order chi connectivity index (χ1) is 19.3. The van der Waals surface area contributed by atoms with Gasteiger partial charge in [0, 0.05) is 61.5 Å². The topological polar surface area (TPSA) is 123 Å². The molecule has 0 unspecified atom stereocenters. The molecule has 12 heteroatoms. The molecule has 0 fully saturated rings. The van der Waals surface area contributed by atoms with Crippen molar-refractivity contribution in [3.8, 4) is 0 Å². The third kappa shape index (κ3) is 14.1. The molecule has 234 valence electrons. The summed E-state index contributed by atoms with van der Waals surface area (Å²) in [6.45, 7) is 14.8. The van der Waals surface area contributed by atoms with E-state index in [1.54, 1.807) is 48.5 Å². The van der Waals surface area contributed by atoms with Gasteiger partial charge in [-0.3, -0.25) is 19.2 Å². The van der Waals surface area contributed by atoms with Crippen LogP contribution in [0.2, 0.25) is 0 Å². The smallest absolute Gasteiger partial charge is 0.251 e. The lowest BCUT2D eigenvalue weighted by Gasteiger charge is -2.18. The highest BCUT2D eigenvalue weighted by atomic mass is 35.5. The van der Waals surface area contributed by atoms with Crippen LogP contribution < -0.4 is 21.3 Å². The second-order valence-corrected chi connectivity index (χ2v) is 9.32. The van der Waals surface area contributed by atoms with E-state index in [1.807, 2.05) is 0 Å². The van der Waals surface area contributed by atoms with Crippen LogP contribution in [0.4, 0.5) is 11.4 Å². The summed E-state index contributed by atoms with van der Waals surface area (Å²) in [6, 6.07) is 13.3. The van der Waals surface area contributed by atoms with Crippen molar-refractivity contribution in [3.63, 3.8) is 0 Å². The van der Waals surface area contributed by atoms with Crippen molar-refractivity contribution in [1.82, 2.24) is 20.4 Å². The maximum atomic E-state index is 12.3. The second kappa shape index (κ2) is 21.5. The summed E-state index contributed by atoms with van der Waals surface area (Å²) >= 11 is 0. The minimum Gasteiger partial charge on any atom is -0.351 e. The number of carbonyl (C=O) groups is 4. The normalized spacial score (nSPS) is 10.3. The van der Waals surface area contributed by atoms with E-state index in [2.05, 4.69) is 58.8 Å². The van der Waals surface area contributed by atoms with Crippen LogP contribution in [-0.4, -0.2) is 85.8 Å². The number of nitrogens with zero attached hydrogens (tertiary/aromatic N) is 2. The van der Waals surface area contributed by atoms with Gasteiger partial charge in [-0.05, 0) is 74.7 Å². The Morgan fingerprint density at radius 2 is 0.857 bits per heavy atom. The third-order valence-corrected chi connectivity index (χ3v) is 6.66. The molecule has 10 nitrogen and oxygen atoms in total. The number of hydrogen-bond donors (Lipinski definition) is 4. The zero-order chi connectivity index (χ0) is 29.3. The van der Waals surface area contributed by atoms with Crippen LogP contribution in [0, 0.1) is 0 Å². The minimum atomic E-state index is -0.302. The van der Waals surface area contributed by atoms with Gasteiger partial charge in [-0.15, -0.1) is 24.8 Å². The highest BCUT2D eigenvalue weighted by Gasteiger charge is 2.11. The van der Waals surface area contributed by atoms with Crippen molar-refractivity contribution >= 4 is 59.8 Å². The quantitative estimate of drug-likeness (QED) is 0.211. The van der Waals surface area contributed by atoms with Crippen molar-refractivity contribution < 1.29 is 19.2 Å². The number of rotatable bonds is 17. The summed E-state index contributed by atoms with van der Waals surface area (Å²) in [5, 5.41) is 11.3. The SMILES string of the molecule is CCN(CC)CCNC(=O)c1ccc(NC(=O)CCC(=O)Nc2ccc(C(=O)NCCN(CC)CC)cc2)cc1.Cl.Cl. The van der Waals surface area contributed by atoms with E-state index in [9.17, 15) is 19.2 Å². The Labute approximate surface area is 262 Å².